The highest BCUT2D eigenvalue weighted by molar-refractivity contribution is 5.26. The van der Waals surface area contributed by atoms with Crippen molar-refractivity contribution in [3.05, 3.63) is 35.9 Å². The van der Waals surface area contributed by atoms with Gasteiger partial charge in [0.1, 0.15) is 0 Å². The first-order chi connectivity index (χ1) is 7.77. The highest BCUT2D eigenvalue weighted by Crippen LogP contribution is 2.53. The monoisotopic (exact) mass is 244 g/mol. The fourth-order valence-electron chi connectivity index (χ4n) is 2.33. The van der Waals surface area contributed by atoms with Crippen LogP contribution in [0.15, 0.2) is 30.3 Å². The quantitative estimate of drug-likeness (QED) is 0.728. The standard InChI is InChI=1S/C13H15F3O/c1-11(2)8-12(17-9-11,13(14,15)16)10-6-4-3-5-7-10/h3-7H,8-9H2,1-2H3. The van der Waals surface area contributed by atoms with Gasteiger partial charge in [0.25, 0.3) is 0 Å². The molecule has 1 fully saturated rings. The van der Waals surface area contributed by atoms with Crippen molar-refractivity contribution in [3.63, 3.8) is 0 Å². The first-order valence-electron chi connectivity index (χ1n) is 5.53. The Labute approximate surface area is 98.6 Å². The summed E-state index contributed by atoms with van der Waals surface area (Å²) < 4.78 is 45.1. The van der Waals surface area contributed by atoms with Crippen molar-refractivity contribution in [1.82, 2.24) is 0 Å². The molecule has 0 aromatic heterocycles. The van der Waals surface area contributed by atoms with E-state index in [0.717, 1.165) is 0 Å². The summed E-state index contributed by atoms with van der Waals surface area (Å²) in [6.45, 7) is 3.72. The summed E-state index contributed by atoms with van der Waals surface area (Å²) >= 11 is 0. The molecule has 0 radical (unpaired) electrons. The van der Waals surface area contributed by atoms with Crippen LogP contribution in [0.1, 0.15) is 25.8 Å². The zero-order chi connectivity index (χ0) is 12.7. The number of alkyl halides is 3. The SMILES string of the molecule is CC1(C)COC(c2ccccc2)(C(F)(F)F)C1. The van der Waals surface area contributed by atoms with E-state index in [4.69, 9.17) is 4.74 Å². The minimum absolute atomic E-state index is 0.0342. The molecule has 1 aliphatic rings. The Balaban J connectivity index is 2.48. The second-order valence-corrected chi connectivity index (χ2v) is 5.32. The summed E-state index contributed by atoms with van der Waals surface area (Å²) in [5, 5.41) is 0. The van der Waals surface area contributed by atoms with E-state index in [1.807, 2.05) is 0 Å². The largest absolute Gasteiger partial charge is 0.421 e. The van der Waals surface area contributed by atoms with Gasteiger partial charge in [-0.25, -0.2) is 0 Å². The van der Waals surface area contributed by atoms with Crippen molar-refractivity contribution >= 4 is 0 Å². The molecule has 0 saturated carbocycles. The van der Waals surface area contributed by atoms with Crippen molar-refractivity contribution in [2.75, 3.05) is 6.61 Å². The van der Waals surface area contributed by atoms with Crippen LogP contribution in [0.4, 0.5) is 13.2 Å². The smallest absolute Gasteiger partial charge is 0.360 e. The molecule has 94 valence electrons. The maximum absolute atomic E-state index is 13.3. The van der Waals surface area contributed by atoms with Crippen molar-refractivity contribution in [1.29, 1.82) is 0 Å². The van der Waals surface area contributed by atoms with Gasteiger partial charge in [0.15, 0.2) is 5.60 Å². The highest BCUT2D eigenvalue weighted by Gasteiger charge is 2.62. The van der Waals surface area contributed by atoms with E-state index >= 15 is 0 Å². The van der Waals surface area contributed by atoms with E-state index in [1.54, 1.807) is 32.0 Å². The van der Waals surface area contributed by atoms with Crippen LogP contribution in [0.5, 0.6) is 0 Å². The van der Waals surface area contributed by atoms with Crippen LogP contribution in [0, 0.1) is 5.41 Å². The lowest BCUT2D eigenvalue weighted by Crippen LogP contribution is -2.42. The van der Waals surface area contributed by atoms with E-state index in [0.29, 0.717) is 0 Å². The van der Waals surface area contributed by atoms with Crippen molar-refractivity contribution < 1.29 is 17.9 Å². The summed E-state index contributed by atoms with van der Waals surface area (Å²) in [7, 11) is 0. The van der Waals surface area contributed by atoms with Gasteiger partial charge in [-0.05, 0) is 17.4 Å². The van der Waals surface area contributed by atoms with Gasteiger partial charge in [0, 0.05) is 0 Å². The third-order valence-corrected chi connectivity index (χ3v) is 3.13. The van der Waals surface area contributed by atoms with Crippen LogP contribution in [0.2, 0.25) is 0 Å². The molecule has 17 heavy (non-hydrogen) atoms. The van der Waals surface area contributed by atoms with Crippen molar-refractivity contribution in [3.8, 4) is 0 Å². The van der Waals surface area contributed by atoms with Gasteiger partial charge in [-0.1, -0.05) is 44.2 Å². The zero-order valence-electron chi connectivity index (χ0n) is 9.84. The molecule has 1 heterocycles. The van der Waals surface area contributed by atoms with Gasteiger partial charge in [-0.15, -0.1) is 0 Å². The van der Waals surface area contributed by atoms with Gasteiger partial charge in [-0.3, -0.25) is 0 Å². The van der Waals surface area contributed by atoms with Crippen LogP contribution >= 0.6 is 0 Å². The lowest BCUT2D eigenvalue weighted by atomic mass is 9.80. The molecular weight excluding hydrogens is 229 g/mol. The molecule has 0 amide bonds. The fraction of sp³-hybridized carbons (Fsp3) is 0.538. The Morgan fingerprint density at radius 1 is 1.12 bits per heavy atom. The zero-order valence-corrected chi connectivity index (χ0v) is 9.84. The Bertz CT molecular complexity index is 397. The van der Waals surface area contributed by atoms with Gasteiger partial charge >= 0.3 is 6.18 Å². The molecule has 0 N–H and O–H groups in total. The maximum atomic E-state index is 13.3. The summed E-state index contributed by atoms with van der Waals surface area (Å²) in [6, 6.07) is 7.88. The van der Waals surface area contributed by atoms with E-state index in [-0.39, 0.29) is 18.6 Å². The summed E-state index contributed by atoms with van der Waals surface area (Å²) in [5.74, 6) is 0. The summed E-state index contributed by atoms with van der Waals surface area (Å²) in [4.78, 5) is 0. The Kier molecular flexibility index (Phi) is 2.73. The second kappa shape index (κ2) is 3.73. The van der Waals surface area contributed by atoms with Gasteiger partial charge in [0.2, 0.25) is 0 Å². The predicted octanol–water partition coefficient (Wildman–Crippen LogP) is 3.89. The highest BCUT2D eigenvalue weighted by atomic mass is 19.4. The maximum Gasteiger partial charge on any atom is 0.421 e. The van der Waals surface area contributed by atoms with Crippen molar-refractivity contribution in [2.45, 2.75) is 32.0 Å². The van der Waals surface area contributed by atoms with E-state index < -0.39 is 17.2 Å². The minimum atomic E-state index is -4.39. The van der Waals surface area contributed by atoms with Crippen LogP contribution in [-0.4, -0.2) is 12.8 Å². The molecule has 1 nitrogen and oxygen atoms in total. The fourth-order valence-corrected chi connectivity index (χ4v) is 2.33. The molecule has 1 unspecified atom stereocenters. The number of halogens is 3. The van der Waals surface area contributed by atoms with Crippen molar-refractivity contribution in [2.24, 2.45) is 5.41 Å². The Morgan fingerprint density at radius 2 is 1.71 bits per heavy atom. The molecule has 1 aromatic rings. The summed E-state index contributed by atoms with van der Waals surface area (Å²) in [5.41, 5.74) is -2.40. The molecule has 0 bridgehead atoms. The van der Waals surface area contributed by atoms with Gasteiger partial charge in [0.05, 0.1) is 6.61 Å². The van der Waals surface area contributed by atoms with Gasteiger partial charge in [-0.2, -0.15) is 13.2 Å². The average molecular weight is 244 g/mol. The average Bonchev–Trinajstić information content (AvgIpc) is 2.57. The molecule has 1 atom stereocenters. The van der Waals surface area contributed by atoms with Crippen LogP contribution in [0.3, 0.4) is 0 Å². The molecule has 0 spiro atoms. The predicted molar refractivity (Wildman–Crippen MR) is 58.5 cm³/mol. The third-order valence-electron chi connectivity index (χ3n) is 3.13. The second-order valence-electron chi connectivity index (χ2n) is 5.32. The normalized spacial score (nSPS) is 28.3. The number of benzene rings is 1. The molecule has 1 aromatic carbocycles. The van der Waals surface area contributed by atoms with E-state index in [9.17, 15) is 13.2 Å². The number of ether oxygens (including phenoxy) is 1. The summed E-state index contributed by atoms with van der Waals surface area (Å²) in [6.07, 6.45) is -4.42. The first kappa shape index (κ1) is 12.4. The molecule has 4 heteroatoms. The number of hydrogen-bond acceptors (Lipinski definition) is 1. The Hall–Kier alpha value is -1.03. The van der Waals surface area contributed by atoms with Crippen LogP contribution in [-0.2, 0) is 10.3 Å². The number of hydrogen-bond donors (Lipinski definition) is 0. The molecule has 0 aliphatic carbocycles. The van der Waals surface area contributed by atoms with Crippen LogP contribution in [0.25, 0.3) is 0 Å². The molecule has 1 saturated heterocycles. The first-order valence-corrected chi connectivity index (χ1v) is 5.53. The minimum Gasteiger partial charge on any atom is -0.360 e. The lowest BCUT2D eigenvalue weighted by molar-refractivity contribution is -0.269. The molecule has 2 rings (SSSR count). The van der Waals surface area contributed by atoms with Crippen LogP contribution < -0.4 is 0 Å². The topological polar surface area (TPSA) is 9.23 Å². The molecule has 1 aliphatic heterocycles. The van der Waals surface area contributed by atoms with E-state index in [1.165, 1.54) is 12.1 Å². The lowest BCUT2D eigenvalue weighted by Gasteiger charge is -2.32. The number of rotatable bonds is 1. The molecular formula is C13H15F3O. The van der Waals surface area contributed by atoms with E-state index in [2.05, 4.69) is 0 Å². The Morgan fingerprint density at radius 3 is 2.12 bits per heavy atom. The van der Waals surface area contributed by atoms with Gasteiger partial charge < -0.3 is 4.74 Å². The third kappa shape index (κ3) is 2.06.